The third-order valence-corrected chi connectivity index (χ3v) is 8.69. The van der Waals surface area contributed by atoms with Crippen LogP contribution >= 0.6 is 0 Å². The topological polar surface area (TPSA) is 106 Å². The molecule has 3 aromatic heterocycles. The molecule has 1 saturated heterocycles. The van der Waals surface area contributed by atoms with Crippen molar-refractivity contribution in [2.24, 2.45) is 13.0 Å². The number of rotatable bonds is 7. The van der Waals surface area contributed by atoms with Gasteiger partial charge in [0.2, 0.25) is 10.0 Å². The molecule has 35 heavy (non-hydrogen) atoms. The molecule has 2 fully saturated rings. The van der Waals surface area contributed by atoms with Crippen LogP contribution in [0.4, 0.5) is 5.82 Å². The first-order chi connectivity index (χ1) is 16.8. The van der Waals surface area contributed by atoms with Gasteiger partial charge in [0, 0.05) is 55.4 Å². The summed E-state index contributed by atoms with van der Waals surface area (Å²) in [6, 6.07) is 5.08. The minimum atomic E-state index is -3.80. The zero-order valence-electron chi connectivity index (χ0n) is 20.6. The van der Waals surface area contributed by atoms with E-state index in [1.807, 2.05) is 39.4 Å². The van der Waals surface area contributed by atoms with Gasteiger partial charge in [-0.3, -0.25) is 4.68 Å². The van der Waals surface area contributed by atoms with Gasteiger partial charge in [-0.05, 0) is 63.6 Å². The Morgan fingerprint density at radius 1 is 1.03 bits per heavy atom. The number of nitrogens with one attached hydrogen (secondary N) is 1. The van der Waals surface area contributed by atoms with Gasteiger partial charge in [0.25, 0.3) is 0 Å². The molecule has 3 aromatic rings. The molecule has 0 radical (unpaired) electrons. The predicted octanol–water partition coefficient (Wildman–Crippen LogP) is 3.43. The van der Waals surface area contributed by atoms with Gasteiger partial charge in [-0.1, -0.05) is 6.42 Å². The number of hydrogen-bond donors (Lipinski definition) is 1. The molecule has 9 nitrogen and oxygen atoms in total. The Bertz CT molecular complexity index is 1290. The molecule has 5 rings (SSSR count). The quantitative estimate of drug-likeness (QED) is 0.535. The second-order valence-electron chi connectivity index (χ2n) is 9.83. The number of pyridine rings is 1. The maximum atomic E-state index is 13.7. The fraction of sp³-hybridized carbons (Fsp3) is 0.520. The summed E-state index contributed by atoms with van der Waals surface area (Å²) in [5, 5.41) is 4.27. The third kappa shape index (κ3) is 5.08. The highest BCUT2D eigenvalue weighted by Gasteiger charge is 2.35. The molecule has 1 saturated carbocycles. The number of piperidine rings is 1. The third-order valence-electron chi connectivity index (χ3n) is 7.23. The molecule has 2 aliphatic rings. The van der Waals surface area contributed by atoms with Crippen molar-refractivity contribution < 1.29 is 8.42 Å². The van der Waals surface area contributed by atoms with Crippen molar-refractivity contribution in [2.45, 2.75) is 62.8 Å². The SMILES string of the molecule is Cc1ccnc(C2CCN(c3nc(C)ccc3S(=O)(=O)NC(c3cnn(C)c3)C3CCC3)CC2)n1. The zero-order valence-corrected chi connectivity index (χ0v) is 21.4. The molecule has 1 aliphatic heterocycles. The molecule has 1 N–H and O–H groups in total. The van der Waals surface area contributed by atoms with Crippen LogP contribution in [0.1, 0.15) is 66.8 Å². The Morgan fingerprint density at radius 3 is 2.40 bits per heavy atom. The largest absolute Gasteiger partial charge is 0.355 e. The monoisotopic (exact) mass is 495 g/mol. The van der Waals surface area contributed by atoms with Gasteiger partial charge >= 0.3 is 0 Å². The standard InChI is InChI=1S/C25H33N7O2S/c1-17-7-8-22(35(33,34)30-23(19-5-4-6-19)21-15-27-31(3)16-21)25(29-17)32-13-10-20(11-14-32)24-26-12-9-18(2)28-24/h7-9,12,15-16,19-20,23,30H,4-6,10-11,13-14H2,1-3H3. The van der Waals surface area contributed by atoms with Crippen LogP contribution in [-0.2, 0) is 17.1 Å². The minimum Gasteiger partial charge on any atom is -0.355 e. The summed E-state index contributed by atoms with van der Waals surface area (Å²) in [6.07, 6.45) is 10.3. The first-order valence-corrected chi connectivity index (χ1v) is 13.8. The van der Waals surface area contributed by atoms with Crippen molar-refractivity contribution >= 4 is 15.8 Å². The molecular weight excluding hydrogens is 462 g/mol. The second kappa shape index (κ2) is 9.66. The van der Waals surface area contributed by atoms with E-state index in [4.69, 9.17) is 4.98 Å². The van der Waals surface area contributed by atoms with E-state index in [0.29, 0.717) is 18.9 Å². The molecule has 1 aliphatic carbocycles. The van der Waals surface area contributed by atoms with Gasteiger partial charge < -0.3 is 4.90 Å². The van der Waals surface area contributed by atoms with Crippen molar-refractivity contribution in [1.82, 2.24) is 29.5 Å². The van der Waals surface area contributed by atoms with Gasteiger partial charge in [-0.15, -0.1) is 0 Å². The number of sulfonamides is 1. The lowest BCUT2D eigenvalue weighted by Crippen LogP contribution is -2.38. The zero-order chi connectivity index (χ0) is 24.6. The second-order valence-corrected chi connectivity index (χ2v) is 11.5. The van der Waals surface area contributed by atoms with Crippen LogP contribution < -0.4 is 9.62 Å². The molecule has 0 bridgehead atoms. The van der Waals surface area contributed by atoms with E-state index in [1.54, 1.807) is 23.0 Å². The summed E-state index contributed by atoms with van der Waals surface area (Å²) in [5.41, 5.74) is 2.67. The van der Waals surface area contributed by atoms with Gasteiger partial charge in [0.05, 0.1) is 12.2 Å². The van der Waals surface area contributed by atoms with Gasteiger partial charge in [-0.25, -0.2) is 28.1 Å². The Labute approximate surface area is 207 Å². The van der Waals surface area contributed by atoms with Crippen LogP contribution in [-0.4, -0.2) is 46.2 Å². The molecule has 0 amide bonds. The van der Waals surface area contributed by atoms with Crippen LogP contribution in [0.5, 0.6) is 0 Å². The number of anilines is 1. The van der Waals surface area contributed by atoms with Crippen LogP contribution in [0.2, 0.25) is 0 Å². The highest BCUT2D eigenvalue weighted by Crippen LogP contribution is 2.39. The molecule has 1 atom stereocenters. The molecule has 0 spiro atoms. The van der Waals surface area contributed by atoms with E-state index in [1.165, 1.54) is 0 Å². The lowest BCUT2D eigenvalue weighted by Gasteiger charge is -2.35. The maximum absolute atomic E-state index is 13.7. The van der Waals surface area contributed by atoms with Gasteiger partial charge in [-0.2, -0.15) is 5.10 Å². The lowest BCUT2D eigenvalue weighted by atomic mass is 9.78. The maximum Gasteiger partial charge on any atom is 0.244 e. The summed E-state index contributed by atoms with van der Waals surface area (Å²) in [7, 11) is -1.95. The molecule has 186 valence electrons. The fourth-order valence-electron chi connectivity index (χ4n) is 5.02. The van der Waals surface area contributed by atoms with Crippen LogP contribution in [0.3, 0.4) is 0 Å². The number of aryl methyl sites for hydroxylation is 3. The van der Waals surface area contributed by atoms with Gasteiger partial charge in [0.1, 0.15) is 16.5 Å². The predicted molar refractivity (Wildman–Crippen MR) is 134 cm³/mol. The van der Waals surface area contributed by atoms with Crippen molar-refractivity contribution in [3.05, 3.63) is 59.6 Å². The van der Waals surface area contributed by atoms with Crippen molar-refractivity contribution in [2.75, 3.05) is 18.0 Å². The van der Waals surface area contributed by atoms with Crippen molar-refractivity contribution in [3.63, 3.8) is 0 Å². The molecule has 4 heterocycles. The number of hydrogen-bond acceptors (Lipinski definition) is 7. The van der Waals surface area contributed by atoms with Crippen molar-refractivity contribution in [3.8, 4) is 0 Å². The van der Waals surface area contributed by atoms with E-state index in [9.17, 15) is 8.42 Å². The molecule has 1 unspecified atom stereocenters. The minimum absolute atomic E-state index is 0.238. The summed E-state index contributed by atoms with van der Waals surface area (Å²) < 4.78 is 32.2. The molecule has 0 aromatic carbocycles. The first-order valence-electron chi connectivity index (χ1n) is 12.3. The smallest absolute Gasteiger partial charge is 0.244 e. The van der Waals surface area contributed by atoms with E-state index >= 15 is 0 Å². The molecular formula is C25H33N7O2S. The Morgan fingerprint density at radius 2 is 1.77 bits per heavy atom. The summed E-state index contributed by atoms with van der Waals surface area (Å²) >= 11 is 0. The summed E-state index contributed by atoms with van der Waals surface area (Å²) in [6.45, 7) is 5.28. The van der Waals surface area contributed by atoms with Crippen LogP contribution in [0, 0.1) is 19.8 Å². The van der Waals surface area contributed by atoms with Gasteiger partial charge in [0.15, 0.2) is 0 Å². The normalized spacial score (nSPS) is 18.4. The summed E-state index contributed by atoms with van der Waals surface area (Å²) in [5.74, 6) is 1.94. The van der Waals surface area contributed by atoms with Crippen LogP contribution in [0.15, 0.2) is 41.7 Å². The number of nitrogens with zero attached hydrogens (tertiary/aromatic N) is 6. The Balaban J connectivity index is 1.39. The van der Waals surface area contributed by atoms with E-state index in [2.05, 4.69) is 24.7 Å². The average Bonchev–Trinajstić information content (AvgIpc) is 3.23. The lowest BCUT2D eigenvalue weighted by molar-refractivity contribution is 0.251. The van der Waals surface area contributed by atoms with E-state index < -0.39 is 10.0 Å². The van der Waals surface area contributed by atoms with E-state index in [-0.39, 0.29) is 22.8 Å². The van der Waals surface area contributed by atoms with Crippen molar-refractivity contribution in [1.29, 1.82) is 0 Å². The highest BCUT2D eigenvalue weighted by molar-refractivity contribution is 7.89. The molecule has 10 heteroatoms. The highest BCUT2D eigenvalue weighted by atomic mass is 32.2. The Kier molecular flexibility index (Phi) is 6.59. The first kappa shape index (κ1) is 23.9. The fourth-order valence-corrected chi connectivity index (χ4v) is 6.47. The Hall–Kier alpha value is -2.85. The number of aromatic nitrogens is 5. The average molecular weight is 496 g/mol. The summed E-state index contributed by atoms with van der Waals surface area (Å²) in [4.78, 5) is 16.1. The van der Waals surface area contributed by atoms with E-state index in [0.717, 1.165) is 54.9 Å². The van der Waals surface area contributed by atoms with Crippen LogP contribution in [0.25, 0.3) is 0 Å².